The van der Waals surface area contributed by atoms with Crippen LogP contribution in [0.3, 0.4) is 0 Å². The predicted molar refractivity (Wildman–Crippen MR) is 73.4 cm³/mol. The topological polar surface area (TPSA) is 24.5 Å². The van der Waals surface area contributed by atoms with Gasteiger partial charge >= 0.3 is 0 Å². The number of rotatable bonds is 4. The van der Waals surface area contributed by atoms with Gasteiger partial charge in [0.2, 0.25) is 0 Å². The zero-order chi connectivity index (χ0) is 12.9. The maximum absolute atomic E-state index is 5.51. The Kier molecular flexibility index (Phi) is 5.90. The summed E-state index contributed by atoms with van der Waals surface area (Å²) in [5.41, 5.74) is 0.218. The Balaban J connectivity index is 2.36. The minimum absolute atomic E-state index is 0.218. The number of ether oxygens (including phenoxy) is 1. The third-order valence-corrected chi connectivity index (χ3v) is 3.61. The highest BCUT2D eigenvalue weighted by Crippen LogP contribution is 2.13. The van der Waals surface area contributed by atoms with Crippen LogP contribution in [0, 0.1) is 5.92 Å². The Hall–Kier alpha value is -0.120. The van der Waals surface area contributed by atoms with E-state index in [1.165, 1.54) is 13.0 Å². The quantitative estimate of drug-likeness (QED) is 0.817. The molecule has 17 heavy (non-hydrogen) atoms. The average Bonchev–Trinajstić information content (AvgIpc) is 2.52. The van der Waals surface area contributed by atoms with Crippen molar-refractivity contribution in [3.05, 3.63) is 0 Å². The van der Waals surface area contributed by atoms with Crippen molar-refractivity contribution in [1.82, 2.24) is 10.2 Å². The summed E-state index contributed by atoms with van der Waals surface area (Å²) in [4.78, 5) is 2.57. The molecule has 0 aromatic carbocycles. The van der Waals surface area contributed by atoms with Crippen LogP contribution in [-0.4, -0.2) is 49.3 Å². The van der Waals surface area contributed by atoms with Crippen LogP contribution in [0.2, 0.25) is 0 Å². The van der Waals surface area contributed by atoms with E-state index in [9.17, 15) is 0 Å². The minimum atomic E-state index is 0.218. The van der Waals surface area contributed by atoms with E-state index in [2.05, 4.69) is 44.8 Å². The highest BCUT2D eigenvalue weighted by molar-refractivity contribution is 4.79. The highest BCUT2D eigenvalue weighted by Gasteiger charge is 2.22. The first kappa shape index (κ1) is 14.9. The zero-order valence-corrected chi connectivity index (χ0v) is 12.3. The maximum Gasteiger partial charge on any atom is 0.0593 e. The van der Waals surface area contributed by atoms with Gasteiger partial charge in [0.25, 0.3) is 0 Å². The van der Waals surface area contributed by atoms with Gasteiger partial charge in [-0.1, -0.05) is 6.92 Å². The van der Waals surface area contributed by atoms with Crippen molar-refractivity contribution in [3.63, 3.8) is 0 Å². The van der Waals surface area contributed by atoms with Gasteiger partial charge in [0.15, 0.2) is 0 Å². The molecule has 1 rings (SSSR count). The molecule has 0 aromatic heterocycles. The van der Waals surface area contributed by atoms with Crippen molar-refractivity contribution >= 4 is 0 Å². The van der Waals surface area contributed by atoms with Crippen molar-refractivity contribution in [1.29, 1.82) is 0 Å². The van der Waals surface area contributed by atoms with E-state index < -0.39 is 0 Å². The van der Waals surface area contributed by atoms with Crippen LogP contribution in [0.25, 0.3) is 0 Å². The lowest BCUT2D eigenvalue weighted by molar-refractivity contribution is 0.121. The molecule has 102 valence electrons. The molecule has 0 aromatic rings. The van der Waals surface area contributed by atoms with E-state index in [1.54, 1.807) is 0 Å². The second-order valence-electron chi connectivity index (χ2n) is 6.35. The first-order valence-electron chi connectivity index (χ1n) is 6.97. The van der Waals surface area contributed by atoms with Crippen LogP contribution < -0.4 is 5.32 Å². The molecule has 2 unspecified atom stereocenters. The molecule has 0 radical (unpaired) electrons. The van der Waals surface area contributed by atoms with Crippen molar-refractivity contribution in [2.45, 2.75) is 52.6 Å². The van der Waals surface area contributed by atoms with Crippen molar-refractivity contribution in [3.8, 4) is 0 Å². The molecule has 0 spiro atoms. The highest BCUT2D eigenvalue weighted by atomic mass is 16.5. The number of hydrogen-bond acceptors (Lipinski definition) is 3. The lowest BCUT2D eigenvalue weighted by atomic mass is 9.99. The van der Waals surface area contributed by atoms with Crippen molar-refractivity contribution in [2.75, 3.05) is 32.8 Å². The van der Waals surface area contributed by atoms with Gasteiger partial charge in [0.05, 0.1) is 6.61 Å². The van der Waals surface area contributed by atoms with Crippen LogP contribution in [-0.2, 0) is 4.74 Å². The molecular formula is C14H30N2O. The Morgan fingerprint density at radius 2 is 1.88 bits per heavy atom. The van der Waals surface area contributed by atoms with Gasteiger partial charge in [-0.05, 0) is 46.6 Å². The van der Waals surface area contributed by atoms with E-state index in [0.29, 0.717) is 12.0 Å². The molecule has 3 nitrogen and oxygen atoms in total. The second kappa shape index (κ2) is 6.72. The molecule has 1 aliphatic rings. The standard InChI is InChI=1S/C14H30N2O/c1-12(11-15-14(3,4)5)13(2)16-7-6-9-17-10-8-16/h12-13,15H,6-11H2,1-5H3. The zero-order valence-electron chi connectivity index (χ0n) is 12.3. The van der Waals surface area contributed by atoms with Gasteiger partial charge < -0.3 is 10.1 Å². The number of hydrogen-bond donors (Lipinski definition) is 1. The van der Waals surface area contributed by atoms with E-state index in [4.69, 9.17) is 4.74 Å². The van der Waals surface area contributed by atoms with E-state index in [1.807, 2.05) is 0 Å². The molecule has 1 aliphatic heterocycles. The normalized spacial score (nSPS) is 23.1. The minimum Gasteiger partial charge on any atom is -0.380 e. The molecule has 3 heteroatoms. The van der Waals surface area contributed by atoms with Crippen LogP contribution in [0.15, 0.2) is 0 Å². The van der Waals surface area contributed by atoms with Gasteiger partial charge in [-0.3, -0.25) is 4.90 Å². The largest absolute Gasteiger partial charge is 0.380 e. The van der Waals surface area contributed by atoms with Crippen LogP contribution in [0.1, 0.15) is 41.0 Å². The fraction of sp³-hybridized carbons (Fsp3) is 1.00. The average molecular weight is 242 g/mol. The third kappa shape index (κ3) is 5.84. The van der Waals surface area contributed by atoms with E-state index >= 15 is 0 Å². The number of nitrogens with one attached hydrogen (secondary N) is 1. The molecular weight excluding hydrogens is 212 g/mol. The maximum atomic E-state index is 5.51. The Labute approximate surface area is 107 Å². The SMILES string of the molecule is CC(CNC(C)(C)C)C(C)N1CCCOCC1. The summed E-state index contributed by atoms with van der Waals surface area (Å²) < 4.78 is 5.51. The fourth-order valence-electron chi connectivity index (χ4n) is 2.17. The van der Waals surface area contributed by atoms with Gasteiger partial charge in [0, 0.05) is 31.3 Å². The lowest BCUT2D eigenvalue weighted by Gasteiger charge is -2.33. The van der Waals surface area contributed by atoms with Gasteiger partial charge in [-0.25, -0.2) is 0 Å². The predicted octanol–water partition coefficient (Wildman–Crippen LogP) is 2.12. The summed E-state index contributed by atoms with van der Waals surface area (Å²) in [6.45, 7) is 16.5. The Bertz CT molecular complexity index is 205. The Morgan fingerprint density at radius 1 is 1.18 bits per heavy atom. The van der Waals surface area contributed by atoms with Crippen molar-refractivity contribution < 1.29 is 4.74 Å². The third-order valence-electron chi connectivity index (χ3n) is 3.61. The Morgan fingerprint density at radius 3 is 2.53 bits per heavy atom. The molecule has 1 saturated heterocycles. The monoisotopic (exact) mass is 242 g/mol. The van der Waals surface area contributed by atoms with E-state index in [-0.39, 0.29) is 5.54 Å². The smallest absolute Gasteiger partial charge is 0.0593 e. The van der Waals surface area contributed by atoms with Crippen LogP contribution >= 0.6 is 0 Å². The molecule has 1 N–H and O–H groups in total. The van der Waals surface area contributed by atoms with Crippen LogP contribution in [0.5, 0.6) is 0 Å². The van der Waals surface area contributed by atoms with E-state index in [0.717, 1.165) is 26.3 Å². The van der Waals surface area contributed by atoms with Gasteiger partial charge in [0.1, 0.15) is 0 Å². The number of nitrogens with zero attached hydrogens (tertiary/aromatic N) is 1. The molecule has 1 heterocycles. The lowest BCUT2D eigenvalue weighted by Crippen LogP contribution is -2.46. The van der Waals surface area contributed by atoms with Crippen LogP contribution in [0.4, 0.5) is 0 Å². The first-order chi connectivity index (χ1) is 7.90. The summed E-state index contributed by atoms with van der Waals surface area (Å²) in [6.07, 6.45) is 1.17. The molecule has 0 aliphatic carbocycles. The molecule has 2 atom stereocenters. The molecule has 1 fully saturated rings. The molecule has 0 saturated carbocycles. The summed E-state index contributed by atoms with van der Waals surface area (Å²) in [6, 6.07) is 0.631. The van der Waals surface area contributed by atoms with Crippen molar-refractivity contribution in [2.24, 2.45) is 5.92 Å². The molecule has 0 bridgehead atoms. The van der Waals surface area contributed by atoms with Gasteiger partial charge in [-0.2, -0.15) is 0 Å². The second-order valence-corrected chi connectivity index (χ2v) is 6.35. The summed E-state index contributed by atoms with van der Waals surface area (Å²) >= 11 is 0. The first-order valence-corrected chi connectivity index (χ1v) is 6.97. The summed E-state index contributed by atoms with van der Waals surface area (Å²) in [5.74, 6) is 0.673. The molecule has 0 amide bonds. The van der Waals surface area contributed by atoms with Gasteiger partial charge in [-0.15, -0.1) is 0 Å². The summed E-state index contributed by atoms with van der Waals surface area (Å²) in [7, 11) is 0. The fourth-order valence-corrected chi connectivity index (χ4v) is 2.17. The summed E-state index contributed by atoms with van der Waals surface area (Å²) in [5, 5.41) is 3.60.